The molecule has 1 heterocycles. The Balaban J connectivity index is 1.98. The zero-order valence-corrected chi connectivity index (χ0v) is 9.58. The Labute approximate surface area is 103 Å². The van der Waals surface area contributed by atoms with Crippen molar-refractivity contribution in [2.75, 3.05) is 19.6 Å². The van der Waals surface area contributed by atoms with Crippen LogP contribution in [0.15, 0.2) is 18.2 Å². The van der Waals surface area contributed by atoms with Gasteiger partial charge in [0.1, 0.15) is 11.6 Å². The predicted octanol–water partition coefficient (Wildman–Crippen LogP) is 0.466. The number of nitrogens with zero attached hydrogens (tertiary/aromatic N) is 1. The molecule has 2 amide bonds. The van der Waals surface area contributed by atoms with Gasteiger partial charge in [-0.1, -0.05) is 0 Å². The highest BCUT2D eigenvalue weighted by Gasteiger charge is 2.22. The number of nitrogens with one attached hydrogen (secondary N) is 1. The third-order valence-electron chi connectivity index (χ3n) is 2.72. The van der Waals surface area contributed by atoms with E-state index in [1.165, 1.54) is 17.0 Å². The molecule has 0 spiro atoms. The van der Waals surface area contributed by atoms with Crippen molar-refractivity contribution >= 4 is 11.8 Å². The van der Waals surface area contributed by atoms with Crippen molar-refractivity contribution in [1.82, 2.24) is 10.2 Å². The largest absolute Gasteiger partial charge is 0.345 e. The summed E-state index contributed by atoms with van der Waals surface area (Å²) in [4.78, 5) is 23.9. The van der Waals surface area contributed by atoms with E-state index in [1.54, 1.807) is 0 Å². The molecule has 0 radical (unpaired) electrons. The molecule has 0 atom stereocenters. The van der Waals surface area contributed by atoms with E-state index in [2.05, 4.69) is 5.32 Å². The van der Waals surface area contributed by atoms with E-state index in [0.29, 0.717) is 12.0 Å². The highest BCUT2D eigenvalue weighted by molar-refractivity contribution is 5.92. The first kappa shape index (κ1) is 12.5. The first-order valence-electron chi connectivity index (χ1n) is 5.54. The second-order valence-corrected chi connectivity index (χ2v) is 4.12. The van der Waals surface area contributed by atoms with Crippen LogP contribution < -0.4 is 5.32 Å². The fourth-order valence-corrected chi connectivity index (χ4v) is 1.83. The Hall–Kier alpha value is -1.98. The maximum atomic E-state index is 12.9. The van der Waals surface area contributed by atoms with Crippen LogP contribution in [-0.2, 0) is 16.0 Å². The Kier molecular flexibility index (Phi) is 3.55. The topological polar surface area (TPSA) is 49.4 Å². The van der Waals surface area contributed by atoms with Crippen LogP contribution in [-0.4, -0.2) is 36.3 Å². The minimum Gasteiger partial charge on any atom is -0.345 e. The summed E-state index contributed by atoms with van der Waals surface area (Å²) in [6, 6.07) is 3.23. The van der Waals surface area contributed by atoms with Crippen molar-refractivity contribution in [3.05, 3.63) is 35.4 Å². The molecule has 0 aromatic heterocycles. The molecule has 1 aromatic carbocycles. The maximum Gasteiger partial charge on any atom is 0.242 e. The lowest BCUT2D eigenvalue weighted by Crippen LogP contribution is -2.51. The van der Waals surface area contributed by atoms with Gasteiger partial charge < -0.3 is 10.2 Å². The number of halogens is 2. The molecule has 4 nitrogen and oxygen atoms in total. The van der Waals surface area contributed by atoms with Crippen LogP contribution in [0.2, 0.25) is 0 Å². The minimum absolute atomic E-state index is 0.00334. The predicted molar refractivity (Wildman–Crippen MR) is 59.7 cm³/mol. The summed E-state index contributed by atoms with van der Waals surface area (Å²) in [5.41, 5.74) is 0.464. The summed E-state index contributed by atoms with van der Waals surface area (Å²) in [7, 11) is 0. The van der Waals surface area contributed by atoms with Gasteiger partial charge >= 0.3 is 0 Å². The van der Waals surface area contributed by atoms with Gasteiger partial charge in [0.05, 0.1) is 13.1 Å². The first-order chi connectivity index (χ1) is 8.54. The van der Waals surface area contributed by atoms with Gasteiger partial charge in [-0.2, -0.15) is 0 Å². The Morgan fingerprint density at radius 2 is 1.83 bits per heavy atom. The van der Waals surface area contributed by atoms with Gasteiger partial charge in [0.25, 0.3) is 0 Å². The average molecular weight is 254 g/mol. The normalized spacial score (nSPS) is 15.8. The fraction of sp³-hybridized carbons (Fsp3) is 0.333. The molecule has 0 bridgehead atoms. The van der Waals surface area contributed by atoms with Gasteiger partial charge in [-0.15, -0.1) is 0 Å². The standard InChI is InChI=1S/C12H12F2N2O2/c13-9-3-8(4-10(14)5-9)1-2-16-7-11(17)15-6-12(16)18/h3-5H,1-2,6-7H2,(H,15,17). The molecular weight excluding hydrogens is 242 g/mol. The number of piperazine rings is 1. The molecular formula is C12H12F2N2O2. The number of benzene rings is 1. The third-order valence-corrected chi connectivity index (χ3v) is 2.72. The lowest BCUT2D eigenvalue weighted by atomic mass is 10.1. The lowest BCUT2D eigenvalue weighted by Gasteiger charge is -2.26. The van der Waals surface area contributed by atoms with Crippen molar-refractivity contribution in [2.45, 2.75) is 6.42 Å². The van der Waals surface area contributed by atoms with Crippen LogP contribution in [0.5, 0.6) is 0 Å². The van der Waals surface area contributed by atoms with Crippen LogP contribution in [0.3, 0.4) is 0 Å². The van der Waals surface area contributed by atoms with Crippen molar-refractivity contribution < 1.29 is 18.4 Å². The second-order valence-electron chi connectivity index (χ2n) is 4.12. The van der Waals surface area contributed by atoms with Crippen LogP contribution in [0.25, 0.3) is 0 Å². The number of hydrogen-bond acceptors (Lipinski definition) is 2. The first-order valence-corrected chi connectivity index (χ1v) is 5.54. The van der Waals surface area contributed by atoms with Crippen LogP contribution in [0, 0.1) is 11.6 Å². The molecule has 1 aromatic rings. The second kappa shape index (κ2) is 5.12. The van der Waals surface area contributed by atoms with E-state index in [-0.39, 0.29) is 31.4 Å². The van der Waals surface area contributed by atoms with E-state index in [0.717, 1.165) is 6.07 Å². The smallest absolute Gasteiger partial charge is 0.242 e. The van der Waals surface area contributed by atoms with Crippen molar-refractivity contribution in [2.24, 2.45) is 0 Å². The number of amides is 2. The van der Waals surface area contributed by atoms with E-state index in [1.807, 2.05) is 0 Å². The summed E-state index contributed by atoms with van der Waals surface area (Å²) < 4.78 is 25.9. The maximum absolute atomic E-state index is 12.9. The van der Waals surface area contributed by atoms with Gasteiger partial charge in [-0.05, 0) is 24.1 Å². The van der Waals surface area contributed by atoms with E-state index in [9.17, 15) is 18.4 Å². The van der Waals surface area contributed by atoms with Crippen LogP contribution in [0.4, 0.5) is 8.78 Å². The summed E-state index contributed by atoms with van der Waals surface area (Å²) in [5.74, 6) is -1.70. The Bertz CT molecular complexity index is 471. The summed E-state index contributed by atoms with van der Waals surface area (Å²) in [5, 5.41) is 2.43. The van der Waals surface area contributed by atoms with Crippen molar-refractivity contribution in [3.8, 4) is 0 Å². The number of rotatable bonds is 3. The van der Waals surface area contributed by atoms with Crippen molar-refractivity contribution in [3.63, 3.8) is 0 Å². The van der Waals surface area contributed by atoms with E-state index in [4.69, 9.17) is 0 Å². The molecule has 0 aliphatic carbocycles. The Morgan fingerprint density at radius 3 is 2.50 bits per heavy atom. The van der Waals surface area contributed by atoms with E-state index < -0.39 is 11.6 Å². The molecule has 6 heteroatoms. The lowest BCUT2D eigenvalue weighted by molar-refractivity contribution is -0.140. The molecule has 1 aliphatic heterocycles. The third kappa shape index (κ3) is 3.03. The van der Waals surface area contributed by atoms with Crippen molar-refractivity contribution in [1.29, 1.82) is 0 Å². The van der Waals surface area contributed by atoms with E-state index >= 15 is 0 Å². The number of carbonyl (C=O) groups excluding carboxylic acids is 2. The van der Waals surface area contributed by atoms with Gasteiger partial charge in [-0.25, -0.2) is 8.78 Å². The summed E-state index contributed by atoms with van der Waals surface area (Å²) in [6.07, 6.45) is 0.313. The van der Waals surface area contributed by atoms with Crippen LogP contribution >= 0.6 is 0 Å². The van der Waals surface area contributed by atoms with Gasteiger partial charge in [0, 0.05) is 12.6 Å². The SMILES string of the molecule is O=C1CN(CCc2cc(F)cc(F)c2)C(=O)CN1. The molecule has 1 saturated heterocycles. The zero-order chi connectivity index (χ0) is 13.1. The molecule has 1 aliphatic rings. The highest BCUT2D eigenvalue weighted by atomic mass is 19.1. The number of hydrogen-bond donors (Lipinski definition) is 1. The fourth-order valence-electron chi connectivity index (χ4n) is 1.83. The van der Waals surface area contributed by atoms with Gasteiger partial charge in [0.15, 0.2) is 0 Å². The number of carbonyl (C=O) groups is 2. The monoisotopic (exact) mass is 254 g/mol. The highest BCUT2D eigenvalue weighted by Crippen LogP contribution is 2.09. The Morgan fingerprint density at radius 1 is 1.17 bits per heavy atom. The molecule has 96 valence electrons. The summed E-state index contributed by atoms with van der Waals surface area (Å²) in [6.45, 7) is 0.252. The van der Waals surface area contributed by atoms with Crippen LogP contribution in [0.1, 0.15) is 5.56 Å². The molecule has 18 heavy (non-hydrogen) atoms. The summed E-state index contributed by atoms with van der Waals surface area (Å²) >= 11 is 0. The zero-order valence-electron chi connectivity index (χ0n) is 9.58. The quantitative estimate of drug-likeness (QED) is 0.852. The molecule has 1 fully saturated rings. The molecule has 1 N–H and O–H groups in total. The molecule has 0 unspecified atom stereocenters. The average Bonchev–Trinajstić information content (AvgIpc) is 2.29. The molecule has 0 saturated carbocycles. The molecule has 2 rings (SSSR count). The van der Waals surface area contributed by atoms with Gasteiger partial charge in [-0.3, -0.25) is 9.59 Å². The minimum atomic E-state index is -0.646. The van der Waals surface area contributed by atoms with Gasteiger partial charge in [0.2, 0.25) is 11.8 Å².